The van der Waals surface area contributed by atoms with Gasteiger partial charge in [0.1, 0.15) is 5.82 Å². The van der Waals surface area contributed by atoms with Gasteiger partial charge in [-0.2, -0.15) is 5.10 Å². The maximum atomic E-state index is 13.4. The van der Waals surface area contributed by atoms with Crippen molar-refractivity contribution in [3.05, 3.63) is 70.5 Å². The smallest absolute Gasteiger partial charge is 0.267 e. The molecule has 0 aliphatic heterocycles. The van der Waals surface area contributed by atoms with Crippen molar-refractivity contribution in [1.29, 1.82) is 0 Å². The zero-order valence-electron chi connectivity index (χ0n) is 10.7. The van der Waals surface area contributed by atoms with E-state index in [1.54, 1.807) is 31.2 Å². The Balaban J connectivity index is 2.13. The summed E-state index contributed by atoms with van der Waals surface area (Å²) in [4.78, 5) is 11.8. The third-order valence-electron chi connectivity index (χ3n) is 2.69. The van der Waals surface area contributed by atoms with E-state index in [0.29, 0.717) is 10.7 Å². The van der Waals surface area contributed by atoms with Crippen LogP contribution in [0.2, 0.25) is 5.02 Å². The first kappa shape index (κ1) is 14.2. The lowest BCUT2D eigenvalue weighted by atomic mass is 10.1. The van der Waals surface area contributed by atoms with Crippen LogP contribution < -0.4 is 5.43 Å². The van der Waals surface area contributed by atoms with E-state index in [-0.39, 0.29) is 5.56 Å². The number of hydrogen-bond donors (Lipinski definition) is 1. The minimum atomic E-state index is -0.593. The summed E-state index contributed by atoms with van der Waals surface area (Å²) in [6.07, 6.45) is 0. The molecule has 0 bridgehead atoms. The maximum Gasteiger partial charge on any atom is 0.274 e. The molecule has 0 atom stereocenters. The van der Waals surface area contributed by atoms with Crippen molar-refractivity contribution >= 4 is 23.2 Å². The Morgan fingerprint density at radius 2 is 1.95 bits per heavy atom. The second-order valence-corrected chi connectivity index (χ2v) is 4.56. The highest BCUT2D eigenvalue weighted by Crippen LogP contribution is 2.11. The summed E-state index contributed by atoms with van der Waals surface area (Å²) >= 11 is 5.88. The summed E-state index contributed by atoms with van der Waals surface area (Å²) in [5.74, 6) is -1.18. The van der Waals surface area contributed by atoms with Crippen LogP contribution in [0.1, 0.15) is 22.8 Å². The molecule has 0 saturated carbocycles. The SMILES string of the molecule is C/C(=N\NC(=O)c1ccccc1F)c1cccc(Cl)c1. The van der Waals surface area contributed by atoms with Crippen LogP contribution in [0, 0.1) is 5.82 Å². The first-order valence-electron chi connectivity index (χ1n) is 5.93. The van der Waals surface area contributed by atoms with E-state index in [2.05, 4.69) is 10.5 Å². The summed E-state index contributed by atoms with van der Waals surface area (Å²) in [6, 6.07) is 12.8. The predicted molar refractivity (Wildman–Crippen MR) is 77.5 cm³/mol. The molecule has 2 rings (SSSR count). The van der Waals surface area contributed by atoms with Crippen LogP contribution in [0.15, 0.2) is 53.6 Å². The number of nitrogens with zero attached hydrogens (tertiary/aromatic N) is 1. The molecule has 0 spiro atoms. The van der Waals surface area contributed by atoms with E-state index in [0.717, 1.165) is 5.56 Å². The number of benzene rings is 2. The molecule has 20 heavy (non-hydrogen) atoms. The second kappa shape index (κ2) is 6.30. The molecule has 0 aliphatic carbocycles. The second-order valence-electron chi connectivity index (χ2n) is 4.13. The van der Waals surface area contributed by atoms with Crippen molar-refractivity contribution in [2.45, 2.75) is 6.92 Å². The summed E-state index contributed by atoms with van der Waals surface area (Å²) in [7, 11) is 0. The van der Waals surface area contributed by atoms with E-state index in [4.69, 9.17) is 11.6 Å². The molecular weight excluding hydrogens is 279 g/mol. The van der Waals surface area contributed by atoms with Gasteiger partial charge in [0.25, 0.3) is 5.91 Å². The molecule has 0 aliphatic rings. The number of nitrogens with one attached hydrogen (secondary N) is 1. The number of carbonyl (C=O) groups is 1. The molecular formula is C15H12ClFN2O. The van der Waals surface area contributed by atoms with Crippen LogP contribution in [-0.4, -0.2) is 11.6 Å². The average Bonchev–Trinajstić information content (AvgIpc) is 2.45. The Labute approximate surface area is 121 Å². The van der Waals surface area contributed by atoms with E-state index in [9.17, 15) is 9.18 Å². The Morgan fingerprint density at radius 1 is 1.20 bits per heavy atom. The minimum Gasteiger partial charge on any atom is -0.267 e. The van der Waals surface area contributed by atoms with Crippen molar-refractivity contribution < 1.29 is 9.18 Å². The van der Waals surface area contributed by atoms with Gasteiger partial charge < -0.3 is 0 Å². The minimum absolute atomic E-state index is 0.0462. The monoisotopic (exact) mass is 290 g/mol. The average molecular weight is 291 g/mol. The quantitative estimate of drug-likeness (QED) is 0.680. The fraction of sp³-hybridized carbons (Fsp3) is 0.0667. The zero-order chi connectivity index (χ0) is 14.5. The molecule has 2 aromatic carbocycles. The molecule has 1 N–H and O–H groups in total. The summed E-state index contributed by atoms with van der Waals surface area (Å²) < 4.78 is 13.4. The van der Waals surface area contributed by atoms with Gasteiger partial charge in [0.15, 0.2) is 0 Å². The molecule has 0 aromatic heterocycles. The van der Waals surface area contributed by atoms with E-state index < -0.39 is 11.7 Å². The molecule has 1 amide bonds. The lowest BCUT2D eigenvalue weighted by Gasteiger charge is -2.04. The van der Waals surface area contributed by atoms with Gasteiger partial charge in [-0.3, -0.25) is 4.79 Å². The topological polar surface area (TPSA) is 41.5 Å². The molecule has 2 aromatic rings. The number of amides is 1. The van der Waals surface area contributed by atoms with Crippen molar-refractivity contribution in [3.8, 4) is 0 Å². The first-order chi connectivity index (χ1) is 9.58. The summed E-state index contributed by atoms with van der Waals surface area (Å²) in [5.41, 5.74) is 3.64. The van der Waals surface area contributed by atoms with Gasteiger partial charge in [0.05, 0.1) is 11.3 Å². The van der Waals surface area contributed by atoms with Gasteiger partial charge in [-0.1, -0.05) is 35.9 Å². The van der Waals surface area contributed by atoms with Crippen LogP contribution in [0.4, 0.5) is 4.39 Å². The highest BCUT2D eigenvalue weighted by molar-refractivity contribution is 6.31. The molecule has 0 heterocycles. The maximum absolute atomic E-state index is 13.4. The Hall–Kier alpha value is -2.20. The van der Waals surface area contributed by atoms with Gasteiger partial charge >= 0.3 is 0 Å². The molecule has 0 radical (unpaired) electrons. The zero-order valence-corrected chi connectivity index (χ0v) is 11.5. The van der Waals surface area contributed by atoms with Crippen LogP contribution in [0.5, 0.6) is 0 Å². The first-order valence-corrected chi connectivity index (χ1v) is 6.31. The van der Waals surface area contributed by atoms with Gasteiger partial charge in [0.2, 0.25) is 0 Å². The summed E-state index contributed by atoms with van der Waals surface area (Å²) in [6.45, 7) is 1.73. The highest BCUT2D eigenvalue weighted by atomic mass is 35.5. The summed E-state index contributed by atoms with van der Waals surface area (Å²) in [5, 5.41) is 4.53. The fourth-order valence-corrected chi connectivity index (χ4v) is 1.81. The Kier molecular flexibility index (Phi) is 4.48. The molecule has 0 fully saturated rings. The van der Waals surface area contributed by atoms with Crippen molar-refractivity contribution in [1.82, 2.24) is 5.43 Å². The van der Waals surface area contributed by atoms with Crippen LogP contribution in [0.3, 0.4) is 0 Å². The van der Waals surface area contributed by atoms with Gasteiger partial charge in [-0.05, 0) is 36.8 Å². The molecule has 102 valence electrons. The number of hydrazone groups is 1. The van der Waals surface area contributed by atoms with Crippen LogP contribution in [0.25, 0.3) is 0 Å². The Morgan fingerprint density at radius 3 is 2.65 bits per heavy atom. The molecule has 5 heteroatoms. The van der Waals surface area contributed by atoms with Crippen molar-refractivity contribution in [2.24, 2.45) is 5.10 Å². The number of hydrogen-bond acceptors (Lipinski definition) is 2. The Bertz CT molecular complexity index is 670. The third kappa shape index (κ3) is 3.42. The van der Waals surface area contributed by atoms with Gasteiger partial charge in [0, 0.05) is 5.02 Å². The van der Waals surface area contributed by atoms with Gasteiger partial charge in [-0.15, -0.1) is 0 Å². The van der Waals surface area contributed by atoms with Crippen molar-refractivity contribution in [3.63, 3.8) is 0 Å². The predicted octanol–water partition coefficient (Wildman–Crippen LogP) is 3.63. The highest BCUT2D eigenvalue weighted by Gasteiger charge is 2.09. The lowest BCUT2D eigenvalue weighted by Crippen LogP contribution is -2.20. The normalized spacial score (nSPS) is 11.2. The largest absolute Gasteiger partial charge is 0.274 e. The molecule has 0 saturated heterocycles. The van der Waals surface area contributed by atoms with Crippen molar-refractivity contribution in [2.75, 3.05) is 0 Å². The standard InChI is InChI=1S/C15H12ClFN2O/c1-10(11-5-4-6-12(16)9-11)18-19-15(20)13-7-2-3-8-14(13)17/h2-9H,1H3,(H,19,20)/b18-10+. The number of rotatable bonds is 3. The van der Waals surface area contributed by atoms with Crippen LogP contribution in [-0.2, 0) is 0 Å². The fourth-order valence-electron chi connectivity index (χ4n) is 1.62. The van der Waals surface area contributed by atoms with E-state index in [1.807, 2.05) is 6.07 Å². The van der Waals surface area contributed by atoms with Crippen LogP contribution >= 0.6 is 11.6 Å². The molecule has 3 nitrogen and oxygen atoms in total. The van der Waals surface area contributed by atoms with Gasteiger partial charge in [-0.25, -0.2) is 9.82 Å². The van der Waals surface area contributed by atoms with E-state index in [1.165, 1.54) is 18.2 Å². The number of carbonyl (C=O) groups excluding carboxylic acids is 1. The van der Waals surface area contributed by atoms with E-state index >= 15 is 0 Å². The third-order valence-corrected chi connectivity index (χ3v) is 2.92. The number of halogens is 2. The lowest BCUT2D eigenvalue weighted by molar-refractivity contribution is 0.0951. The molecule has 0 unspecified atom stereocenters.